The van der Waals surface area contributed by atoms with Gasteiger partial charge in [-0.1, -0.05) is 13.8 Å². The van der Waals surface area contributed by atoms with Crippen LogP contribution in [0.3, 0.4) is 0 Å². The maximum absolute atomic E-state index is 14.0. The number of aryl methyl sites for hydroxylation is 1. The molecular formula is C26H29F2N5O2. The van der Waals surface area contributed by atoms with Gasteiger partial charge in [-0.25, -0.2) is 18.4 Å². The summed E-state index contributed by atoms with van der Waals surface area (Å²) in [6.07, 6.45) is 6.86. The maximum Gasteiger partial charge on any atom is 0.218 e. The molecule has 0 saturated carbocycles. The Morgan fingerprint density at radius 1 is 1.17 bits per heavy atom. The van der Waals surface area contributed by atoms with Crippen molar-refractivity contribution in [3.05, 3.63) is 88.5 Å². The second-order valence-electron chi connectivity index (χ2n) is 8.66. The molecule has 0 bridgehead atoms. The predicted molar refractivity (Wildman–Crippen MR) is 130 cm³/mol. The number of nitrogens with zero attached hydrogens (tertiary/aromatic N) is 5. The fraction of sp³-hybridized carbons (Fsp3) is 0.308. The van der Waals surface area contributed by atoms with Crippen LogP contribution in [0.5, 0.6) is 0 Å². The summed E-state index contributed by atoms with van der Waals surface area (Å²) in [4.78, 5) is 21.8. The van der Waals surface area contributed by atoms with Crippen LogP contribution in [0.1, 0.15) is 57.5 Å². The van der Waals surface area contributed by atoms with Crippen molar-refractivity contribution in [2.75, 3.05) is 4.90 Å². The van der Waals surface area contributed by atoms with Crippen molar-refractivity contribution in [2.45, 2.75) is 54.1 Å². The Hall–Kier alpha value is -3.88. The van der Waals surface area contributed by atoms with Gasteiger partial charge >= 0.3 is 0 Å². The van der Waals surface area contributed by atoms with Gasteiger partial charge in [0.2, 0.25) is 6.41 Å². The van der Waals surface area contributed by atoms with E-state index in [-0.39, 0.29) is 18.2 Å². The van der Waals surface area contributed by atoms with E-state index >= 15 is 0 Å². The number of aromatic nitrogens is 4. The van der Waals surface area contributed by atoms with Crippen molar-refractivity contribution in [1.29, 1.82) is 0 Å². The van der Waals surface area contributed by atoms with E-state index in [1.165, 1.54) is 4.90 Å². The zero-order valence-electron chi connectivity index (χ0n) is 20.7. The lowest BCUT2D eigenvalue weighted by Gasteiger charge is -2.22. The topological polar surface area (TPSA) is 73.1 Å². The van der Waals surface area contributed by atoms with E-state index in [4.69, 9.17) is 4.74 Å². The van der Waals surface area contributed by atoms with E-state index in [9.17, 15) is 13.6 Å². The Morgan fingerprint density at radius 2 is 1.91 bits per heavy atom. The van der Waals surface area contributed by atoms with Crippen LogP contribution in [-0.4, -0.2) is 26.2 Å². The number of allylic oxidation sites excluding steroid dienone is 3. The molecule has 7 nitrogen and oxygen atoms in total. The molecule has 0 aromatic carbocycles. The van der Waals surface area contributed by atoms with Gasteiger partial charge in [-0.15, -0.1) is 0 Å². The molecule has 9 heteroatoms. The summed E-state index contributed by atoms with van der Waals surface area (Å²) in [5, 5.41) is 4.56. The first-order valence-corrected chi connectivity index (χ1v) is 11.2. The fourth-order valence-electron chi connectivity index (χ4n) is 3.28. The molecule has 3 rings (SSSR count). The molecule has 0 aliphatic heterocycles. The largest absolute Gasteiger partial charge is 0.487 e. The van der Waals surface area contributed by atoms with E-state index in [0.29, 0.717) is 29.4 Å². The minimum Gasteiger partial charge on any atom is -0.487 e. The Morgan fingerprint density at radius 3 is 2.51 bits per heavy atom. The van der Waals surface area contributed by atoms with Crippen LogP contribution in [0, 0.1) is 18.6 Å². The maximum atomic E-state index is 14.0. The average Bonchev–Trinajstić information content (AvgIpc) is 3.30. The quantitative estimate of drug-likeness (QED) is 0.221. The number of hydrogen-bond acceptors (Lipinski definition) is 5. The smallest absolute Gasteiger partial charge is 0.218 e. The summed E-state index contributed by atoms with van der Waals surface area (Å²) < 4.78 is 34.5. The third-order valence-electron chi connectivity index (χ3n) is 5.32. The highest BCUT2D eigenvalue weighted by atomic mass is 19.1. The van der Waals surface area contributed by atoms with Crippen LogP contribution in [-0.2, 0) is 16.1 Å². The predicted octanol–water partition coefficient (Wildman–Crippen LogP) is 5.75. The van der Waals surface area contributed by atoms with Gasteiger partial charge in [0.05, 0.1) is 17.6 Å². The first-order valence-electron chi connectivity index (χ1n) is 11.2. The van der Waals surface area contributed by atoms with Crippen molar-refractivity contribution in [2.24, 2.45) is 0 Å². The zero-order valence-corrected chi connectivity index (χ0v) is 20.7. The number of carbonyl (C=O) groups excluding carboxylic acids is 1. The minimum absolute atomic E-state index is 0.0157. The number of halogens is 2. The normalized spacial score (nSPS) is 11.5. The van der Waals surface area contributed by atoms with Gasteiger partial charge in [-0.2, -0.15) is 5.10 Å². The number of ether oxygens (including phenoxy) is 1. The third kappa shape index (κ3) is 6.17. The summed E-state index contributed by atoms with van der Waals surface area (Å²) in [5.41, 5.74) is 3.74. The molecule has 0 N–H and O–H groups in total. The standard InChI is InChI=1S/C26H29F2N5O2/c1-16(2)22-7-8-33(31-22)26-11-24(18(5)12-30-26)32(15-34)19(6)9-25(17(3)4)35-14-23-21(28)10-20(27)13-29-23/h7-13,15-16H,14H2,1-6H3/b19-9-. The monoisotopic (exact) mass is 481 g/mol. The van der Waals surface area contributed by atoms with Gasteiger partial charge in [0, 0.05) is 30.2 Å². The molecule has 0 fully saturated rings. The number of carbonyl (C=O) groups is 1. The van der Waals surface area contributed by atoms with Gasteiger partial charge in [0.15, 0.2) is 11.6 Å². The molecule has 0 unspecified atom stereocenters. The molecule has 0 atom stereocenters. The van der Waals surface area contributed by atoms with Crippen LogP contribution in [0.4, 0.5) is 14.5 Å². The van der Waals surface area contributed by atoms with E-state index in [1.54, 1.807) is 29.9 Å². The zero-order chi connectivity index (χ0) is 25.7. The molecule has 0 saturated heterocycles. The number of rotatable bonds is 9. The van der Waals surface area contributed by atoms with E-state index in [1.807, 2.05) is 33.0 Å². The molecule has 3 aromatic heterocycles. The molecule has 0 aliphatic rings. The van der Waals surface area contributed by atoms with Gasteiger partial charge in [0.1, 0.15) is 23.9 Å². The van der Waals surface area contributed by atoms with Crippen LogP contribution in [0.15, 0.2) is 59.9 Å². The molecule has 1 amide bonds. The molecule has 3 heterocycles. The first-order chi connectivity index (χ1) is 16.6. The lowest BCUT2D eigenvalue weighted by Crippen LogP contribution is -2.20. The van der Waals surface area contributed by atoms with Crippen LogP contribution >= 0.6 is 0 Å². The Balaban J connectivity index is 1.89. The van der Waals surface area contributed by atoms with Crippen LogP contribution in [0.2, 0.25) is 0 Å². The molecule has 35 heavy (non-hydrogen) atoms. The molecule has 0 spiro atoms. The summed E-state index contributed by atoms with van der Waals surface area (Å²) in [5.74, 6) is -0.241. The summed E-state index contributed by atoms with van der Waals surface area (Å²) in [7, 11) is 0. The molecule has 3 aromatic rings. The van der Waals surface area contributed by atoms with Crippen molar-refractivity contribution in [1.82, 2.24) is 19.7 Å². The fourth-order valence-corrected chi connectivity index (χ4v) is 3.28. The van der Waals surface area contributed by atoms with Gasteiger partial charge in [0.25, 0.3) is 0 Å². The van der Waals surface area contributed by atoms with E-state index < -0.39 is 11.6 Å². The second kappa shape index (κ2) is 11.0. The van der Waals surface area contributed by atoms with Crippen molar-refractivity contribution in [3.8, 4) is 5.82 Å². The Kier molecular flexibility index (Phi) is 8.11. The number of anilines is 1. The highest BCUT2D eigenvalue weighted by molar-refractivity contribution is 5.81. The molecule has 184 valence electrons. The summed E-state index contributed by atoms with van der Waals surface area (Å²) in [6, 6.07) is 4.49. The molecule has 0 radical (unpaired) electrons. The van der Waals surface area contributed by atoms with E-state index in [2.05, 4.69) is 28.9 Å². The van der Waals surface area contributed by atoms with Crippen LogP contribution < -0.4 is 4.90 Å². The average molecular weight is 482 g/mol. The summed E-state index contributed by atoms with van der Waals surface area (Å²) >= 11 is 0. The second-order valence-corrected chi connectivity index (χ2v) is 8.66. The lowest BCUT2D eigenvalue weighted by atomic mass is 10.1. The van der Waals surface area contributed by atoms with Gasteiger partial charge < -0.3 is 4.74 Å². The van der Waals surface area contributed by atoms with Crippen molar-refractivity contribution < 1.29 is 18.3 Å². The molecule has 0 aliphatic carbocycles. The third-order valence-corrected chi connectivity index (χ3v) is 5.32. The lowest BCUT2D eigenvalue weighted by molar-refractivity contribution is -0.107. The number of hydrogen-bond donors (Lipinski definition) is 0. The first kappa shape index (κ1) is 25.7. The number of amides is 1. The summed E-state index contributed by atoms with van der Waals surface area (Å²) in [6.45, 7) is 11.2. The molecular weight excluding hydrogens is 452 g/mol. The van der Waals surface area contributed by atoms with Crippen molar-refractivity contribution in [3.63, 3.8) is 0 Å². The Bertz CT molecular complexity index is 1280. The van der Waals surface area contributed by atoms with Crippen LogP contribution in [0.25, 0.3) is 5.82 Å². The highest BCUT2D eigenvalue weighted by Crippen LogP contribution is 2.26. The highest BCUT2D eigenvalue weighted by Gasteiger charge is 2.15. The van der Waals surface area contributed by atoms with Gasteiger partial charge in [-0.3, -0.25) is 14.7 Å². The Labute approximate surface area is 203 Å². The van der Waals surface area contributed by atoms with Crippen molar-refractivity contribution >= 4 is 12.1 Å². The SMILES string of the molecule is CC(C)=C(/C=C(/C)N(C=O)c1cc(-n2ccc(C(C)C)n2)ncc1C)OCc1ncc(F)cc1F. The van der Waals surface area contributed by atoms with E-state index in [0.717, 1.165) is 29.1 Å². The minimum atomic E-state index is -0.785. The van der Waals surface area contributed by atoms with Gasteiger partial charge in [-0.05, 0) is 56.9 Å². The number of pyridine rings is 2.